The van der Waals surface area contributed by atoms with Crippen molar-refractivity contribution in [3.63, 3.8) is 0 Å². The van der Waals surface area contributed by atoms with Crippen molar-refractivity contribution >= 4 is 37.2 Å². The zero-order chi connectivity index (χ0) is 20.7. The van der Waals surface area contributed by atoms with Gasteiger partial charge >= 0.3 is 26.4 Å². The highest BCUT2D eigenvalue weighted by atomic mass is 32.3. The average Bonchev–Trinajstić information content (AvgIpc) is 2.60. The van der Waals surface area contributed by atoms with Gasteiger partial charge in [0.05, 0.1) is 4.90 Å². The third-order valence-electron chi connectivity index (χ3n) is 3.76. The molecule has 0 radical (unpaired) electrons. The number of fused-ring (bicyclic) bond motifs is 1. The average molecular weight is 428 g/mol. The van der Waals surface area contributed by atoms with Crippen LogP contribution in [0.3, 0.4) is 0 Å². The molecule has 0 aliphatic rings. The first-order valence-electron chi connectivity index (χ1n) is 7.45. The van der Waals surface area contributed by atoms with E-state index in [9.17, 15) is 34.5 Å². The Morgan fingerprint density at radius 1 is 0.857 bits per heavy atom. The van der Waals surface area contributed by atoms with Crippen molar-refractivity contribution < 1.29 is 39.2 Å². The van der Waals surface area contributed by atoms with Crippen LogP contribution in [0.4, 0.5) is 7.77 Å². The van der Waals surface area contributed by atoms with Crippen LogP contribution in [0, 0.1) is 0 Å². The van der Waals surface area contributed by atoms with Crippen molar-refractivity contribution in [1.29, 1.82) is 0 Å². The molecule has 3 aromatic carbocycles. The van der Waals surface area contributed by atoms with E-state index in [-0.39, 0.29) is 5.75 Å². The molecule has 0 atom stereocenters. The molecule has 0 saturated carbocycles. The van der Waals surface area contributed by atoms with Gasteiger partial charge in [-0.2, -0.15) is 16.8 Å². The van der Waals surface area contributed by atoms with E-state index >= 15 is 0 Å². The predicted octanol–water partition coefficient (Wildman–Crippen LogP) is 3.08. The molecule has 0 fully saturated rings. The monoisotopic (exact) mass is 428 g/mol. The molecule has 0 heterocycles. The van der Waals surface area contributed by atoms with E-state index in [1.807, 2.05) is 0 Å². The third-order valence-corrected chi connectivity index (χ3v) is 5.44. The maximum absolute atomic E-state index is 13.7. The first-order chi connectivity index (χ1) is 13.0. The van der Waals surface area contributed by atoms with Crippen LogP contribution in [0.15, 0.2) is 64.4 Å². The lowest BCUT2D eigenvalue weighted by atomic mass is 10.1. The van der Waals surface area contributed by atoms with Crippen molar-refractivity contribution in [3.8, 4) is 11.5 Å². The van der Waals surface area contributed by atoms with Gasteiger partial charge in [-0.05, 0) is 30.3 Å². The Morgan fingerprint density at radius 3 is 2.07 bits per heavy atom. The van der Waals surface area contributed by atoms with Gasteiger partial charge in [-0.15, -0.1) is 7.77 Å². The van der Waals surface area contributed by atoms with E-state index in [1.54, 1.807) is 18.2 Å². The molecule has 146 valence electrons. The molecular weight excluding hydrogens is 418 g/mol. The Labute approximate surface area is 158 Å². The number of aromatic hydroxyl groups is 1. The largest absolute Gasteiger partial charge is 0.506 e. The fraction of sp³-hybridized carbons (Fsp3) is 0. The molecule has 28 heavy (non-hydrogen) atoms. The van der Waals surface area contributed by atoms with Crippen LogP contribution in [0.2, 0.25) is 0 Å². The summed E-state index contributed by atoms with van der Waals surface area (Å²) in [6, 6.07) is 10.2. The molecule has 7 nitrogen and oxygen atoms in total. The summed E-state index contributed by atoms with van der Waals surface area (Å²) in [7, 11) is -10.6. The van der Waals surface area contributed by atoms with Gasteiger partial charge in [0, 0.05) is 10.8 Å². The second-order valence-corrected chi connectivity index (χ2v) is 8.22. The van der Waals surface area contributed by atoms with Crippen LogP contribution in [0.5, 0.6) is 11.5 Å². The fourth-order valence-electron chi connectivity index (χ4n) is 2.52. The molecule has 1 N–H and O–H groups in total. The van der Waals surface area contributed by atoms with Crippen molar-refractivity contribution in [2.75, 3.05) is 0 Å². The number of halogens is 2. The number of hydrogen-bond donors (Lipinski definition) is 1. The number of phenols is 1. The molecule has 0 saturated heterocycles. The van der Waals surface area contributed by atoms with Gasteiger partial charge in [-0.25, -0.2) is 4.79 Å². The Balaban J connectivity index is 2.28. The Morgan fingerprint density at radius 2 is 1.50 bits per heavy atom. The summed E-state index contributed by atoms with van der Waals surface area (Å²) < 4.78 is 77.1. The normalized spacial score (nSPS) is 12.1. The zero-order valence-electron chi connectivity index (χ0n) is 13.7. The van der Waals surface area contributed by atoms with Crippen LogP contribution in [-0.4, -0.2) is 27.9 Å². The lowest BCUT2D eigenvalue weighted by Crippen LogP contribution is -2.10. The van der Waals surface area contributed by atoms with Crippen molar-refractivity contribution in [2.24, 2.45) is 0 Å². The molecule has 0 bridgehead atoms. The fourth-order valence-corrected chi connectivity index (χ4v) is 3.70. The highest BCUT2D eigenvalue weighted by Crippen LogP contribution is 2.37. The maximum Gasteiger partial charge on any atom is 0.347 e. The summed E-state index contributed by atoms with van der Waals surface area (Å²) >= 11 is 0. The van der Waals surface area contributed by atoms with E-state index in [0.717, 1.165) is 6.07 Å². The van der Waals surface area contributed by atoms with E-state index in [1.165, 1.54) is 12.1 Å². The molecule has 0 amide bonds. The predicted molar refractivity (Wildman–Crippen MR) is 93.6 cm³/mol. The van der Waals surface area contributed by atoms with Gasteiger partial charge in [0.25, 0.3) is 0 Å². The SMILES string of the molecule is O=C(Oc1ccccc1)c1cc(S(=O)(=O)F)c2ccc(S(=O)(=O)F)cc2c1O. The van der Waals surface area contributed by atoms with Gasteiger partial charge in [-0.3, -0.25) is 0 Å². The number of phenolic OH excluding ortho intramolecular Hbond substituents is 1. The van der Waals surface area contributed by atoms with Crippen LogP contribution in [-0.2, 0) is 20.4 Å². The number of ether oxygens (including phenoxy) is 1. The summed E-state index contributed by atoms with van der Waals surface area (Å²) in [5.41, 5.74) is -0.749. The number of hydrogen-bond acceptors (Lipinski definition) is 7. The van der Waals surface area contributed by atoms with Gasteiger partial charge < -0.3 is 9.84 Å². The zero-order valence-corrected chi connectivity index (χ0v) is 15.3. The van der Waals surface area contributed by atoms with Crippen molar-refractivity contribution in [1.82, 2.24) is 0 Å². The second kappa shape index (κ2) is 6.84. The minimum absolute atomic E-state index is 0.0525. The van der Waals surface area contributed by atoms with Crippen LogP contribution >= 0.6 is 0 Å². The smallest absolute Gasteiger partial charge is 0.347 e. The third kappa shape index (κ3) is 3.80. The summed E-state index contributed by atoms with van der Waals surface area (Å²) in [5.74, 6) is -2.07. The topological polar surface area (TPSA) is 115 Å². The molecule has 3 aromatic rings. The molecule has 0 aliphatic heterocycles. The number of benzene rings is 3. The maximum atomic E-state index is 13.7. The molecular formula is C17H10F2O7S2. The van der Waals surface area contributed by atoms with E-state index < -0.39 is 58.3 Å². The van der Waals surface area contributed by atoms with Gasteiger partial charge in [0.2, 0.25) is 0 Å². The van der Waals surface area contributed by atoms with Gasteiger partial charge in [0.1, 0.15) is 22.0 Å². The summed E-state index contributed by atoms with van der Waals surface area (Å²) in [4.78, 5) is 10.4. The Hall–Kier alpha value is -3.05. The number of esters is 1. The van der Waals surface area contributed by atoms with Crippen LogP contribution in [0.25, 0.3) is 10.8 Å². The highest BCUT2D eigenvalue weighted by Gasteiger charge is 2.26. The Kier molecular flexibility index (Phi) is 4.81. The Bertz CT molecular complexity index is 1300. The standard InChI is InChI=1S/C17H10F2O7S2/c18-27(22,23)11-6-7-12-13(8-11)16(20)14(9-15(12)28(19,24)25)17(21)26-10-4-2-1-3-5-10/h1-9,20H. The first-order valence-corrected chi connectivity index (χ1v) is 10.2. The highest BCUT2D eigenvalue weighted by molar-refractivity contribution is 7.86. The van der Waals surface area contributed by atoms with Crippen molar-refractivity contribution in [2.45, 2.75) is 9.79 Å². The second-order valence-electron chi connectivity index (χ2n) is 5.56. The molecule has 0 aliphatic carbocycles. The molecule has 0 spiro atoms. The van der Waals surface area contributed by atoms with Gasteiger partial charge in [-0.1, -0.05) is 24.3 Å². The minimum atomic E-state index is -5.39. The van der Waals surface area contributed by atoms with E-state index in [2.05, 4.69) is 0 Å². The molecule has 0 unspecified atom stereocenters. The number of para-hydroxylation sites is 1. The molecule has 11 heteroatoms. The lowest BCUT2D eigenvalue weighted by Gasteiger charge is -2.11. The van der Waals surface area contributed by atoms with Crippen LogP contribution < -0.4 is 4.74 Å². The number of carbonyl (C=O) groups excluding carboxylic acids is 1. The minimum Gasteiger partial charge on any atom is -0.506 e. The van der Waals surface area contributed by atoms with Crippen molar-refractivity contribution in [3.05, 3.63) is 60.2 Å². The summed E-state index contributed by atoms with van der Waals surface area (Å²) in [6.07, 6.45) is 0. The van der Waals surface area contributed by atoms with E-state index in [4.69, 9.17) is 4.74 Å². The molecule has 3 rings (SSSR count). The quantitative estimate of drug-likeness (QED) is 0.386. The molecule has 0 aromatic heterocycles. The van der Waals surface area contributed by atoms with Crippen LogP contribution in [0.1, 0.15) is 10.4 Å². The van der Waals surface area contributed by atoms with Gasteiger partial charge in [0.15, 0.2) is 0 Å². The van der Waals surface area contributed by atoms with E-state index in [0.29, 0.717) is 18.2 Å². The summed E-state index contributed by atoms with van der Waals surface area (Å²) in [5, 5.41) is 9.34. The number of carbonyl (C=O) groups is 1. The number of rotatable bonds is 4. The first kappa shape index (κ1) is 19.7. The summed E-state index contributed by atoms with van der Waals surface area (Å²) in [6.45, 7) is 0. The lowest BCUT2D eigenvalue weighted by molar-refractivity contribution is 0.0731.